The van der Waals surface area contributed by atoms with Crippen LogP contribution in [0.4, 0.5) is 4.39 Å². The van der Waals surface area contributed by atoms with E-state index in [1.807, 2.05) is 6.07 Å². The standard InChI is InChI=1S/C14H12Cl2FNO/c15-11-7-9(5-6-18)1-3-13(11)19-14-4-2-10(17)8-12(14)16/h1-4,7-8H,5-6,18H2. The third kappa shape index (κ3) is 3.60. The van der Waals surface area contributed by atoms with Crippen LogP contribution < -0.4 is 10.5 Å². The molecule has 2 N–H and O–H groups in total. The van der Waals surface area contributed by atoms with Gasteiger partial charge in [-0.3, -0.25) is 0 Å². The van der Waals surface area contributed by atoms with Crippen LogP contribution in [0.2, 0.25) is 10.0 Å². The Balaban J connectivity index is 2.23. The van der Waals surface area contributed by atoms with Gasteiger partial charge in [-0.25, -0.2) is 4.39 Å². The summed E-state index contributed by atoms with van der Waals surface area (Å²) in [6.45, 7) is 0.556. The maximum atomic E-state index is 12.9. The molecule has 0 aliphatic rings. The number of nitrogens with two attached hydrogens (primary N) is 1. The van der Waals surface area contributed by atoms with E-state index >= 15 is 0 Å². The average Bonchev–Trinajstić information content (AvgIpc) is 2.36. The molecule has 0 aliphatic heterocycles. The van der Waals surface area contributed by atoms with Crippen molar-refractivity contribution in [1.29, 1.82) is 0 Å². The minimum absolute atomic E-state index is 0.196. The Bertz CT molecular complexity index is 590. The zero-order chi connectivity index (χ0) is 13.8. The van der Waals surface area contributed by atoms with E-state index in [9.17, 15) is 4.39 Å². The summed E-state index contributed by atoms with van der Waals surface area (Å²) in [4.78, 5) is 0. The molecule has 0 saturated heterocycles. The zero-order valence-electron chi connectivity index (χ0n) is 10.00. The molecule has 100 valence electrons. The molecule has 19 heavy (non-hydrogen) atoms. The van der Waals surface area contributed by atoms with E-state index in [0.29, 0.717) is 23.1 Å². The van der Waals surface area contributed by atoms with Crippen LogP contribution in [0.3, 0.4) is 0 Å². The summed E-state index contributed by atoms with van der Waals surface area (Å²) in [6.07, 6.45) is 0.747. The quantitative estimate of drug-likeness (QED) is 0.906. The van der Waals surface area contributed by atoms with Crippen molar-refractivity contribution in [2.75, 3.05) is 6.54 Å². The van der Waals surface area contributed by atoms with Crippen molar-refractivity contribution in [2.24, 2.45) is 5.73 Å². The Morgan fingerprint density at radius 1 is 1.00 bits per heavy atom. The third-order valence-electron chi connectivity index (χ3n) is 2.54. The maximum absolute atomic E-state index is 12.9. The van der Waals surface area contributed by atoms with Gasteiger partial charge in [0.2, 0.25) is 0 Å². The Morgan fingerprint density at radius 3 is 2.21 bits per heavy atom. The third-order valence-corrected chi connectivity index (χ3v) is 3.13. The lowest BCUT2D eigenvalue weighted by molar-refractivity contribution is 0.481. The average molecular weight is 300 g/mol. The van der Waals surface area contributed by atoms with Gasteiger partial charge in [0.1, 0.15) is 17.3 Å². The first-order chi connectivity index (χ1) is 9.10. The highest BCUT2D eigenvalue weighted by atomic mass is 35.5. The van der Waals surface area contributed by atoms with Crippen molar-refractivity contribution in [2.45, 2.75) is 6.42 Å². The predicted molar refractivity (Wildman–Crippen MR) is 75.7 cm³/mol. The van der Waals surface area contributed by atoms with Crippen LogP contribution in [0.5, 0.6) is 11.5 Å². The molecule has 0 heterocycles. The van der Waals surface area contributed by atoms with Gasteiger partial charge in [0.05, 0.1) is 10.0 Å². The smallest absolute Gasteiger partial charge is 0.146 e. The summed E-state index contributed by atoms with van der Waals surface area (Å²) >= 11 is 12.0. The van der Waals surface area contributed by atoms with Crippen molar-refractivity contribution >= 4 is 23.2 Å². The van der Waals surface area contributed by atoms with E-state index in [0.717, 1.165) is 12.0 Å². The first-order valence-electron chi connectivity index (χ1n) is 5.71. The molecule has 2 aromatic carbocycles. The van der Waals surface area contributed by atoms with Gasteiger partial charge in [0.25, 0.3) is 0 Å². The van der Waals surface area contributed by atoms with Crippen LogP contribution in [0.25, 0.3) is 0 Å². The number of rotatable bonds is 4. The van der Waals surface area contributed by atoms with E-state index in [2.05, 4.69) is 0 Å². The molecule has 0 radical (unpaired) electrons. The fourth-order valence-electron chi connectivity index (χ4n) is 1.63. The molecule has 5 heteroatoms. The lowest BCUT2D eigenvalue weighted by Gasteiger charge is -2.10. The second-order valence-electron chi connectivity index (χ2n) is 3.98. The molecule has 0 aliphatic carbocycles. The second kappa shape index (κ2) is 6.24. The van der Waals surface area contributed by atoms with E-state index in [1.165, 1.54) is 18.2 Å². The molecule has 0 aromatic heterocycles. The first kappa shape index (κ1) is 14.1. The van der Waals surface area contributed by atoms with Crippen LogP contribution in [0, 0.1) is 5.82 Å². The highest BCUT2D eigenvalue weighted by molar-refractivity contribution is 6.32. The summed E-state index contributed by atoms with van der Waals surface area (Å²) in [6, 6.07) is 9.34. The first-order valence-corrected chi connectivity index (χ1v) is 6.47. The Labute approximate surface area is 120 Å². The molecule has 0 atom stereocenters. The minimum atomic E-state index is -0.415. The van der Waals surface area contributed by atoms with Crippen LogP contribution in [0.1, 0.15) is 5.56 Å². The van der Waals surface area contributed by atoms with Gasteiger partial charge in [-0.1, -0.05) is 29.3 Å². The summed E-state index contributed by atoms with van der Waals surface area (Å²) in [5.74, 6) is 0.411. The van der Waals surface area contributed by atoms with Crippen molar-refractivity contribution in [3.05, 3.63) is 57.8 Å². The largest absolute Gasteiger partial charge is 0.454 e. The molecule has 2 aromatic rings. The Kier molecular flexibility index (Phi) is 4.64. The van der Waals surface area contributed by atoms with Gasteiger partial charge in [-0.15, -0.1) is 0 Å². The Hall–Kier alpha value is -1.29. The maximum Gasteiger partial charge on any atom is 0.146 e. The fraction of sp³-hybridized carbons (Fsp3) is 0.143. The zero-order valence-corrected chi connectivity index (χ0v) is 11.5. The number of halogens is 3. The number of hydrogen-bond acceptors (Lipinski definition) is 2. The summed E-state index contributed by atoms with van der Waals surface area (Å²) < 4.78 is 18.5. The molecular formula is C14H12Cl2FNO. The lowest BCUT2D eigenvalue weighted by atomic mass is 10.1. The second-order valence-corrected chi connectivity index (χ2v) is 4.79. The van der Waals surface area contributed by atoms with Crippen molar-refractivity contribution in [3.63, 3.8) is 0 Å². The molecular weight excluding hydrogens is 288 g/mol. The van der Waals surface area contributed by atoms with Crippen molar-refractivity contribution in [1.82, 2.24) is 0 Å². The monoisotopic (exact) mass is 299 g/mol. The van der Waals surface area contributed by atoms with E-state index < -0.39 is 5.82 Å². The van der Waals surface area contributed by atoms with Gasteiger partial charge in [-0.05, 0) is 48.9 Å². The molecule has 0 spiro atoms. The van der Waals surface area contributed by atoms with Crippen LogP contribution in [0.15, 0.2) is 36.4 Å². The van der Waals surface area contributed by atoms with Crippen molar-refractivity contribution in [3.8, 4) is 11.5 Å². The van der Waals surface area contributed by atoms with Crippen molar-refractivity contribution < 1.29 is 9.13 Å². The van der Waals surface area contributed by atoms with Crippen LogP contribution in [-0.2, 0) is 6.42 Å². The van der Waals surface area contributed by atoms with Gasteiger partial charge in [0.15, 0.2) is 0 Å². The molecule has 2 nitrogen and oxygen atoms in total. The number of ether oxygens (including phenoxy) is 1. The van der Waals surface area contributed by atoms with Gasteiger partial charge in [-0.2, -0.15) is 0 Å². The van der Waals surface area contributed by atoms with Gasteiger partial charge in [0, 0.05) is 0 Å². The summed E-state index contributed by atoms with van der Waals surface area (Å²) in [5, 5.41) is 0.661. The normalized spacial score (nSPS) is 10.5. The van der Waals surface area contributed by atoms with Gasteiger partial charge < -0.3 is 10.5 Å². The van der Waals surface area contributed by atoms with E-state index in [4.69, 9.17) is 33.7 Å². The Morgan fingerprint density at radius 2 is 1.63 bits per heavy atom. The SMILES string of the molecule is NCCc1ccc(Oc2ccc(F)cc2Cl)c(Cl)c1. The summed E-state index contributed by atoms with van der Waals surface area (Å²) in [5.41, 5.74) is 6.51. The summed E-state index contributed by atoms with van der Waals surface area (Å²) in [7, 11) is 0. The number of benzene rings is 2. The molecule has 0 unspecified atom stereocenters. The fourth-order valence-corrected chi connectivity index (χ4v) is 2.07. The highest BCUT2D eigenvalue weighted by Gasteiger charge is 2.08. The molecule has 0 fully saturated rings. The topological polar surface area (TPSA) is 35.2 Å². The molecule has 0 bridgehead atoms. The van der Waals surface area contributed by atoms with E-state index in [1.54, 1.807) is 12.1 Å². The van der Waals surface area contributed by atoms with Gasteiger partial charge >= 0.3 is 0 Å². The number of hydrogen-bond donors (Lipinski definition) is 1. The van der Waals surface area contributed by atoms with Crippen LogP contribution in [-0.4, -0.2) is 6.54 Å². The highest BCUT2D eigenvalue weighted by Crippen LogP contribution is 2.34. The molecule has 2 rings (SSSR count). The molecule has 0 amide bonds. The molecule has 0 saturated carbocycles. The lowest BCUT2D eigenvalue weighted by Crippen LogP contribution is -2.02. The minimum Gasteiger partial charge on any atom is -0.454 e. The van der Waals surface area contributed by atoms with E-state index in [-0.39, 0.29) is 5.02 Å². The predicted octanol–water partition coefficient (Wildman–Crippen LogP) is 4.43. The van der Waals surface area contributed by atoms with Crippen LogP contribution >= 0.6 is 23.2 Å².